The van der Waals surface area contributed by atoms with Crippen molar-refractivity contribution in [1.82, 2.24) is 24.8 Å². The number of rotatable bonds is 6. The number of nitrogens with one attached hydrogen (secondary N) is 2. The van der Waals surface area contributed by atoms with E-state index in [0.29, 0.717) is 27.9 Å². The maximum atomic E-state index is 14.5. The molecule has 0 atom stereocenters. The maximum absolute atomic E-state index is 14.5. The lowest BCUT2D eigenvalue weighted by molar-refractivity contribution is 0.0946. The number of aryl methyl sites for hydroxylation is 1. The summed E-state index contributed by atoms with van der Waals surface area (Å²) in [4.78, 5) is 36.9. The zero-order valence-corrected chi connectivity index (χ0v) is 20.3. The Kier molecular flexibility index (Phi) is 6.41. The number of anilines is 1. The highest BCUT2D eigenvalue weighted by Gasteiger charge is 2.23. The van der Waals surface area contributed by atoms with E-state index in [4.69, 9.17) is 5.73 Å². The molecule has 3 aromatic heterocycles. The predicted molar refractivity (Wildman–Crippen MR) is 134 cm³/mol. The molecule has 11 heteroatoms. The number of hydrogen-bond acceptors (Lipinski definition) is 6. The van der Waals surface area contributed by atoms with E-state index in [2.05, 4.69) is 20.3 Å². The zero-order valence-electron chi connectivity index (χ0n) is 19.4. The van der Waals surface area contributed by atoms with Gasteiger partial charge >= 0.3 is 0 Å². The summed E-state index contributed by atoms with van der Waals surface area (Å²) < 4.78 is 28.5. The third-order valence-corrected chi connectivity index (χ3v) is 7.03. The van der Waals surface area contributed by atoms with Crippen molar-refractivity contribution in [3.05, 3.63) is 82.3 Å². The maximum Gasteiger partial charge on any atom is 0.274 e. The molecule has 0 aliphatic carbocycles. The summed E-state index contributed by atoms with van der Waals surface area (Å²) in [6.07, 6.45) is 3.30. The predicted octanol–water partition coefficient (Wildman–Crippen LogP) is 2.74. The fourth-order valence-electron chi connectivity index (χ4n) is 3.70. The fourth-order valence-corrected chi connectivity index (χ4v) is 4.98. The molecule has 0 unspecified atom stereocenters. The van der Waals surface area contributed by atoms with Crippen LogP contribution in [0.15, 0.2) is 59.7 Å². The van der Waals surface area contributed by atoms with E-state index >= 15 is 0 Å². The standard InChI is InChI=1S/C24H24FN6O3P/c1-31-13-14(9-10-19(31)32)20-21(17-7-5-11-27-17)30-23(26)22(29-20)24(33)28-12-15-16(25)6-4-8-18(15)35(2,3)34/h4-11,13,27H,12H2,1-3H3,(H2,26,30)(H,28,33). The molecule has 4 aromatic rings. The van der Waals surface area contributed by atoms with Crippen LogP contribution in [0, 0.1) is 5.82 Å². The van der Waals surface area contributed by atoms with Crippen molar-refractivity contribution in [1.29, 1.82) is 0 Å². The number of nitrogens with two attached hydrogens (primary N) is 1. The van der Waals surface area contributed by atoms with Gasteiger partial charge in [-0.15, -0.1) is 0 Å². The monoisotopic (exact) mass is 494 g/mol. The number of amides is 1. The minimum absolute atomic E-state index is 0.119. The number of carbonyl (C=O) groups is 1. The van der Waals surface area contributed by atoms with Crippen molar-refractivity contribution in [2.24, 2.45) is 7.05 Å². The van der Waals surface area contributed by atoms with Crippen LogP contribution in [0.25, 0.3) is 22.6 Å². The van der Waals surface area contributed by atoms with Crippen LogP contribution in [-0.4, -0.2) is 38.8 Å². The molecule has 0 spiro atoms. The van der Waals surface area contributed by atoms with E-state index < -0.39 is 18.9 Å². The number of aromatic amines is 1. The van der Waals surface area contributed by atoms with Crippen LogP contribution in [0.1, 0.15) is 16.1 Å². The van der Waals surface area contributed by atoms with Gasteiger partial charge in [0, 0.05) is 48.5 Å². The Morgan fingerprint density at radius 1 is 1.14 bits per heavy atom. The van der Waals surface area contributed by atoms with Gasteiger partial charge in [-0.25, -0.2) is 14.4 Å². The van der Waals surface area contributed by atoms with E-state index in [1.54, 1.807) is 43.7 Å². The highest BCUT2D eigenvalue weighted by molar-refractivity contribution is 7.70. The lowest BCUT2D eigenvalue weighted by atomic mass is 10.1. The number of H-pyrrole nitrogens is 1. The molecule has 0 bridgehead atoms. The van der Waals surface area contributed by atoms with Crippen molar-refractivity contribution >= 4 is 24.2 Å². The summed E-state index contributed by atoms with van der Waals surface area (Å²) in [6, 6.07) is 10.9. The molecule has 0 saturated heterocycles. The first-order valence-corrected chi connectivity index (χ1v) is 13.3. The van der Waals surface area contributed by atoms with Crippen LogP contribution in [0.3, 0.4) is 0 Å². The summed E-state index contributed by atoms with van der Waals surface area (Å²) >= 11 is 0. The average Bonchev–Trinajstić information content (AvgIpc) is 3.34. The summed E-state index contributed by atoms with van der Waals surface area (Å²) in [5.41, 5.74) is 7.79. The number of nitrogens with zero attached hydrogens (tertiary/aromatic N) is 3. The Labute approximate surface area is 200 Å². The topological polar surface area (TPSA) is 136 Å². The van der Waals surface area contributed by atoms with Gasteiger partial charge in [0.2, 0.25) is 5.56 Å². The van der Waals surface area contributed by atoms with Gasteiger partial charge in [0.25, 0.3) is 5.91 Å². The number of benzene rings is 1. The smallest absolute Gasteiger partial charge is 0.274 e. The molecule has 1 aromatic carbocycles. The second-order valence-corrected chi connectivity index (χ2v) is 11.6. The molecular formula is C24H24FN6O3P. The number of carbonyl (C=O) groups excluding carboxylic acids is 1. The number of pyridine rings is 1. The van der Waals surface area contributed by atoms with Gasteiger partial charge in [-0.3, -0.25) is 9.59 Å². The van der Waals surface area contributed by atoms with E-state index in [-0.39, 0.29) is 29.2 Å². The molecule has 1 amide bonds. The van der Waals surface area contributed by atoms with Crippen molar-refractivity contribution in [2.75, 3.05) is 19.1 Å². The molecule has 4 rings (SSSR count). The van der Waals surface area contributed by atoms with Crippen molar-refractivity contribution in [2.45, 2.75) is 6.54 Å². The van der Waals surface area contributed by atoms with Gasteiger partial charge in [0.15, 0.2) is 11.5 Å². The second kappa shape index (κ2) is 9.31. The molecule has 0 radical (unpaired) electrons. The molecule has 180 valence electrons. The van der Waals surface area contributed by atoms with Crippen LogP contribution in [0.2, 0.25) is 0 Å². The third-order valence-electron chi connectivity index (χ3n) is 5.45. The number of nitrogen functional groups attached to an aromatic ring is 1. The Hall–Kier alpha value is -4.04. The fraction of sp³-hybridized carbons (Fsp3) is 0.167. The lowest BCUT2D eigenvalue weighted by Crippen LogP contribution is -2.29. The van der Waals surface area contributed by atoms with Crippen LogP contribution in [0.5, 0.6) is 0 Å². The molecule has 0 aliphatic heterocycles. The second-order valence-electron chi connectivity index (χ2n) is 8.38. The van der Waals surface area contributed by atoms with E-state index in [9.17, 15) is 18.5 Å². The molecule has 35 heavy (non-hydrogen) atoms. The first-order chi connectivity index (χ1) is 16.6. The zero-order chi connectivity index (χ0) is 25.3. The quantitative estimate of drug-likeness (QED) is 0.353. The highest BCUT2D eigenvalue weighted by atomic mass is 31.2. The van der Waals surface area contributed by atoms with Gasteiger partial charge in [-0.2, -0.15) is 0 Å². The minimum atomic E-state index is -2.79. The Morgan fingerprint density at radius 2 is 1.91 bits per heavy atom. The minimum Gasteiger partial charge on any atom is -0.382 e. The number of halogens is 1. The SMILES string of the molecule is Cn1cc(-c2nc(C(=O)NCc3c(F)cccc3P(C)(C)=O)c(N)nc2-c2ccc[nH]2)ccc1=O. The van der Waals surface area contributed by atoms with Crippen LogP contribution >= 0.6 is 7.14 Å². The molecule has 3 heterocycles. The Bertz CT molecular complexity index is 1530. The van der Waals surface area contributed by atoms with Crippen molar-refractivity contribution in [3.8, 4) is 22.6 Å². The van der Waals surface area contributed by atoms with Crippen LogP contribution in [-0.2, 0) is 18.2 Å². The van der Waals surface area contributed by atoms with Gasteiger partial charge in [-0.05, 0) is 37.6 Å². The van der Waals surface area contributed by atoms with E-state index in [1.807, 2.05) is 0 Å². The van der Waals surface area contributed by atoms with Crippen molar-refractivity contribution in [3.63, 3.8) is 0 Å². The number of hydrogen-bond donors (Lipinski definition) is 3. The van der Waals surface area contributed by atoms with Gasteiger partial charge in [0.05, 0.1) is 5.69 Å². The molecule has 0 fully saturated rings. The summed E-state index contributed by atoms with van der Waals surface area (Å²) in [5.74, 6) is -1.36. The summed E-state index contributed by atoms with van der Waals surface area (Å²) in [7, 11) is -1.19. The first kappa shape index (κ1) is 24.1. The Morgan fingerprint density at radius 3 is 2.57 bits per heavy atom. The van der Waals surface area contributed by atoms with Crippen molar-refractivity contribution < 1.29 is 13.8 Å². The Balaban J connectivity index is 1.75. The molecule has 0 saturated carbocycles. The molecule has 4 N–H and O–H groups in total. The van der Waals surface area contributed by atoms with Gasteiger partial charge in [0.1, 0.15) is 24.3 Å². The molecular weight excluding hydrogens is 470 g/mol. The first-order valence-electron chi connectivity index (χ1n) is 10.7. The highest BCUT2D eigenvalue weighted by Crippen LogP contribution is 2.36. The molecule has 0 aliphatic rings. The van der Waals surface area contributed by atoms with Gasteiger partial charge in [-0.1, -0.05) is 12.1 Å². The normalized spacial score (nSPS) is 11.4. The summed E-state index contributed by atoms with van der Waals surface area (Å²) in [5, 5.41) is 2.97. The van der Waals surface area contributed by atoms with Crippen LogP contribution in [0.4, 0.5) is 10.2 Å². The average molecular weight is 494 g/mol. The number of aromatic nitrogens is 4. The van der Waals surface area contributed by atoms with Crippen LogP contribution < -0.4 is 21.9 Å². The molecule has 9 nitrogen and oxygen atoms in total. The summed E-state index contributed by atoms with van der Waals surface area (Å²) in [6.45, 7) is 2.87. The van der Waals surface area contributed by atoms with E-state index in [0.717, 1.165) is 0 Å². The van der Waals surface area contributed by atoms with Gasteiger partial charge < -0.3 is 25.2 Å². The largest absolute Gasteiger partial charge is 0.382 e. The third kappa shape index (κ3) is 4.93. The lowest BCUT2D eigenvalue weighted by Gasteiger charge is -2.16. The van der Waals surface area contributed by atoms with E-state index in [1.165, 1.54) is 36.1 Å².